The van der Waals surface area contributed by atoms with Crippen LogP contribution >= 0.6 is 11.6 Å². The summed E-state index contributed by atoms with van der Waals surface area (Å²) in [5.41, 5.74) is 1.57. The standard InChI is InChI=1S/C19H21ClFN3O3S/c20-16-5-2-15(18(21)12-16)13-23-8-1-9-24(11-10-23)19(25)14-3-6-17(7-4-14)22-28(26)27/h2-7,12,22H,1,8-11,13H2,(H,26,27). The van der Waals surface area contributed by atoms with E-state index in [1.807, 2.05) is 0 Å². The van der Waals surface area contributed by atoms with Crippen molar-refractivity contribution in [1.82, 2.24) is 9.80 Å². The van der Waals surface area contributed by atoms with E-state index in [1.54, 1.807) is 41.3 Å². The molecule has 0 aromatic heterocycles. The smallest absolute Gasteiger partial charge is 0.259 e. The van der Waals surface area contributed by atoms with Gasteiger partial charge in [-0.15, -0.1) is 0 Å². The zero-order chi connectivity index (χ0) is 20.1. The summed E-state index contributed by atoms with van der Waals surface area (Å²) in [4.78, 5) is 16.7. The Kier molecular flexibility index (Phi) is 7.01. The van der Waals surface area contributed by atoms with Crippen LogP contribution in [-0.4, -0.2) is 50.6 Å². The van der Waals surface area contributed by atoms with Gasteiger partial charge in [-0.2, -0.15) is 0 Å². The second-order valence-electron chi connectivity index (χ2n) is 6.59. The first-order chi connectivity index (χ1) is 13.4. The first-order valence-corrected chi connectivity index (χ1v) is 10.3. The van der Waals surface area contributed by atoms with Crippen molar-refractivity contribution in [1.29, 1.82) is 0 Å². The summed E-state index contributed by atoms with van der Waals surface area (Å²) in [7, 11) is 0. The summed E-state index contributed by atoms with van der Waals surface area (Å²) in [6.07, 6.45) is 0.796. The minimum Gasteiger partial charge on any atom is -0.337 e. The number of halogens is 2. The molecular formula is C19H21ClFN3O3S. The quantitative estimate of drug-likeness (QED) is 0.720. The maximum Gasteiger partial charge on any atom is 0.259 e. The second kappa shape index (κ2) is 9.47. The molecule has 6 nitrogen and oxygen atoms in total. The highest BCUT2D eigenvalue weighted by Gasteiger charge is 2.21. The first kappa shape index (κ1) is 20.7. The van der Waals surface area contributed by atoms with Crippen LogP contribution in [0.15, 0.2) is 42.5 Å². The molecule has 1 atom stereocenters. The van der Waals surface area contributed by atoms with Crippen molar-refractivity contribution in [2.45, 2.75) is 13.0 Å². The van der Waals surface area contributed by atoms with E-state index in [0.29, 0.717) is 48.0 Å². The third-order valence-corrected chi connectivity index (χ3v) is 5.27. The monoisotopic (exact) mass is 425 g/mol. The van der Waals surface area contributed by atoms with E-state index >= 15 is 0 Å². The highest BCUT2D eigenvalue weighted by molar-refractivity contribution is 7.80. The first-order valence-electron chi connectivity index (χ1n) is 8.85. The lowest BCUT2D eigenvalue weighted by Crippen LogP contribution is -2.35. The molecule has 2 aromatic carbocycles. The second-order valence-corrected chi connectivity index (χ2v) is 7.73. The Bertz CT molecular complexity index is 866. The van der Waals surface area contributed by atoms with E-state index in [0.717, 1.165) is 13.0 Å². The molecule has 1 amide bonds. The zero-order valence-corrected chi connectivity index (χ0v) is 16.7. The van der Waals surface area contributed by atoms with Crippen LogP contribution in [0.3, 0.4) is 0 Å². The van der Waals surface area contributed by atoms with Crippen LogP contribution in [0.5, 0.6) is 0 Å². The van der Waals surface area contributed by atoms with E-state index in [4.69, 9.17) is 16.2 Å². The lowest BCUT2D eigenvalue weighted by molar-refractivity contribution is 0.0761. The van der Waals surface area contributed by atoms with E-state index in [9.17, 15) is 13.4 Å². The molecule has 1 unspecified atom stereocenters. The zero-order valence-electron chi connectivity index (χ0n) is 15.1. The molecule has 0 spiro atoms. The maximum atomic E-state index is 14.0. The topological polar surface area (TPSA) is 72.9 Å². The summed E-state index contributed by atoms with van der Waals surface area (Å²) >= 11 is 3.65. The van der Waals surface area contributed by atoms with E-state index in [2.05, 4.69) is 9.62 Å². The third kappa shape index (κ3) is 5.51. The fraction of sp³-hybridized carbons (Fsp3) is 0.316. The Hall–Kier alpha value is -2.00. The Morgan fingerprint density at radius 1 is 1.14 bits per heavy atom. The number of nitrogens with zero attached hydrogens (tertiary/aromatic N) is 2. The van der Waals surface area contributed by atoms with Crippen molar-refractivity contribution < 1.29 is 17.9 Å². The number of carbonyl (C=O) groups excluding carboxylic acids is 1. The van der Waals surface area contributed by atoms with Gasteiger partial charge in [0.1, 0.15) is 5.82 Å². The number of carbonyl (C=O) groups is 1. The molecule has 1 saturated heterocycles. The molecule has 2 N–H and O–H groups in total. The van der Waals surface area contributed by atoms with Crippen LogP contribution < -0.4 is 4.72 Å². The van der Waals surface area contributed by atoms with Gasteiger partial charge in [0.25, 0.3) is 17.2 Å². The minimum absolute atomic E-state index is 0.0869. The molecule has 2 aromatic rings. The van der Waals surface area contributed by atoms with Gasteiger partial charge in [-0.3, -0.25) is 19.0 Å². The Balaban J connectivity index is 1.59. The molecule has 1 heterocycles. The largest absolute Gasteiger partial charge is 0.337 e. The Morgan fingerprint density at radius 3 is 2.57 bits per heavy atom. The van der Waals surface area contributed by atoms with Crippen molar-refractivity contribution in [2.75, 3.05) is 30.9 Å². The van der Waals surface area contributed by atoms with E-state index in [1.165, 1.54) is 6.07 Å². The van der Waals surface area contributed by atoms with Crippen molar-refractivity contribution >= 4 is 34.5 Å². The molecule has 1 fully saturated rings. The van der Waals surface area contributed by atoms with Gasteiger partial charge in [-0.1, -0.05) is 17.7 Å². The normalized spacial score (nSPS) is 16.5. The molecule has 0 aliphatic carbocycles. The highest BCUT2D eigenvalue weighted by Crippen LogP contribution is 2.18. The van der Waals surface area contributed by atoms with Crippen LogP contribution in [0.1, 0.15) is 22.3 Å². The van der Waals surface area contributed by atoms with E-state index < -0.39 is 11.3 Å². The van der Waals surface area contributed by atoms with Crippen LogP contribution in [0.25, 0.3) is 0 Å². The third-order valence-electron chi connectivity index (χ3n) is 4.62. The van der Waals surface area contributed by atoms with Gasteiger partial charge in [-0.25, -0.2) is 8.60 Å². The van der Waals surface area contributed by atoms with Gasteiger partial charge < -0.3 is 4.90 Å². The number of rotatable bonds is 5. The van der Waals surface area contributed by atoms with Gasteiger partial charge in [-0.05, 0) is 42.8 Å². The average Bonchev–Trinajstić information content (AvgIpc) is 2.89. The van der Waals surface area contributed by atoms with Gasteiger partial charge in [0.2, 0.25) is 0 Å². The van der Waals surface area contributed by atoms with Gasteiger partial charge in [0.15, 0.2) is 0 Å². The van der Waals surface area contributed by atoms with Crippen LogP contribution in [0.4, 0.5) is 10.1 Å². The van der Waals surface area contributed by atoms with E-state index in [-0.39, 0.29) is 11.7 Å². The average molecular weight is 426 g/mol. The minimum atomic E-state index is -2.15. The molecule has 1 aliphatic rings. The molecule has 3 rings (SSSR count). The number of nitrogens with one attached hydrogen (secondary N) is 1. The van der Waals surface area contributed by atoms with Crippen molar-refractivity contribution in [2.24, 2.45) is 0 Å². The van der Waals surface area contributed by atoms with Crippen LogP contribution in [0.2, 0.25) is 5.02 Å². The summed E-state index contributed by atoms with van der Waals surface area (Å²) in [6.45, 7) is 3.07. The predicted octanol–water partition coefficient (Wildman–Crippen LogP) is 3.38. The lowest BCUT2D eigenvalue weighted by Gasteiger charge is -2.22. The van der Waals surface area contributed by atoms with Gasteiger partial charge >= 0.3 is 0 Å². The lowest BCUT2D eigenvalue weighted by atomic mass is 10.2. The van der Waals surface area contributed by atoms with Crippen LogP contribution in [-0.2, 0) is 17.8 Å². The summed E-state index contributed by atoms with van der Waals surface area (Å²) in [5.74, 6) is -0.404. The summed E-state index contributed by atoms with van der Waals surface area (Å²) in [5, 5.41) is 0.375. The molecule has 1 aliphatic heterocycles. The molecule has 0 radical (unpaired) electrons. The van der Waals surface area contributed by atoms with Crippen LogP contribution in [0, 0.1) is 5.82 Å². The predicted molar refractivity (Wildman–Crippen MR) is 108 cm³/mol. The summed E-state index contributed by atoms with van der Waals surface area (Å²) in [6, 6.07) is 11.1. The molecule has 28 heavy (non-hydrogen) atoms. The number of hydrogen-bond acceptors (Lipinski definition) is 3. The fourth-order valence-electron chi connectivity index (χ4n) is 3.19. The molecule has 0 saturated carbocycles. The maximum absolute atomic E-state index is 14.0. The molecule has 9 heteroatoms. The summed E-state index contributed by atoms with van der Waals surface area (Å²) < 4.78 is 36.0. The number of anilines is 1. The number of hydrogen-bond donors (Lipinski definition) is 2. The molecular weight excluding hydrogens is 405 g/mol. The highest BCUT2D eigenvalue weighted by atomic mass is 35.5. The molecule has 150 valence electrons. The van der Waals surface area contributed by atoms with Crippen molar-refractivity contribution in [3.8, 4) is 0 Å². The Labute approximate surface area is 170 Å². The van der Waals surface area contributed by atoms with Crippen molar-refractivity contribution in [3.05, 3.63) is 64.4 Å². The Morgan fingerprint density at radius 2 is 1.89 bits per heavy atom. The number of benzene rings is 2. The number of amides is 1. The SMILES string of the molecule is O=C(c1ccc(NS(=O)O)cc1)N1CCCN(Cc2ccc(Cl)cc2F)CC1. The van der Waals surface area contributed by atoms with Gasteiger partial charge in [0, 0.05) is 54.6 Å². The fourth-order valence-corrected chi connectivity index (χ4v) is 3.68. The van der Waals surface area contributed by atoms with Gasteiger partial charge in [0.05, 0.1) is 0 Å². The molecule has 0 bridgehead atoms. The van der Waals surface area contributed by atoms with Crippen molar-refractivity contribution in [3.63, 3.8) is 0 Å².